The van der Waals surface area contributed by atoms with Crippen molar-refractivity contribution < 1.29 is 17.9 Å². The second-order valence-corrected chi connectivity index (χ2v) is 7.34. The van der Waals surface area contributed by atoms with Gasteiger partial charge in [-0.2, -0.15) is 0 Å². The van der Waals surface area contributed by atoms with E-state index in [2.05, 4.69) is 15.0 Å². The highest BCUT2D eigenvalue weighted by molar-refractivity contribution is 7.89. The zero-order chi connectivity index (χ0) is 17.7. The number of H-pyrrole nitrogens is 1. The van der Waals surface area contributed by atoms with E-state index < -0.39 is 10.0 Å². The van der Waals surface area contributed by atoms with Crippen LogP contribution in [0.2, 0.25) is 5.02 Å². The minimum atomic E-state index is -3.64. The Kier molecular flexibility index (Phi) is 6.00. The van der Waals surface area contributed by atoms with Gasteiger partial charge in [-0.1, -0.05) is 11.6 Å². The van der Waals surface area contributed by atoms with Gasteiger partial charge in [0, 0.05) is 25.0 Å². The van der Waals surface area contributed by atoms with Gasteiger partial charge in [0.2, 0.25) is 10.0 Å². The van der Waals surface area contributed by atoms with Crippen LogP contribution in [0.3, 0.4) is 0 Å². The summed E-state index contributed by atoms with van der Waals surface area (Å²) in [5, 5.41) is 3.08. The molecule has 0 aliphatic carbocycles. The number of hydrogen-bond acceptors (Lipinski definition) is 4. The summed E-state index contributed by atoms with van der Waals surface area (Å²) in [7, 11) is -2.14. The first-order chi connectivity index (χ1) is 11.3. The monoisotopic (exact) mass is 371 g/mol. The Morgan fingerprint density at radius 1 is 1.33 bits per heavy atom. The predicted molar refractivity (Wildman–Crippen MR) is 91.9 cm³/mol. The average Bonchev–Trinajstić information content (AvgIpc) is 2.94. The Hall–Kier alpha value is -1.87. The summed E-state index contributed by atoms with van der Waals surface area (Å²) in [6, 6.07) is 7.00. The molecule has 1 amide bonds. The molecule has 130 valence electrons. The molecule has 2 aromatic rings. The number of sulfonamides is 1. The highest BCUT2D eigenvalue weighted by Crippen LogP contribution is 2.16. The lowest BCUT2D eigenvalue weighted by atomic mass is 10.3. The summed E-state index contributed by atoms with van der Waals surface area (Å²) in [5.74, 6) is -0.371. The van der Waals surface area contributed by atoms with Gasteiger partial charge < -0.3 is 15.0 Å². The molecule has 1 aromatic carbocycles. The normalized spacial score (nSPS) is 12.8. The molecule has 0 radical (unpaired) electrons. The summed E-state index contributed by atoms with van der Waals surface area (Å²) in [5.41, 5.74) is 0.779. The van der Waals surface area contributed by atoms with Crippen LogP contribution in [0.1, 0.15) is 17.4 Å². The zero-order valence-corrected chi connectivity index (χ0v) is 14.7. The molecule has 0 bridgehead atoms. The van der Waals surface area contributed by atoms with Crippen molar-refractivity contribution in [3.8, 4) is 0 Å². The van der Waals surface area contributed by atoms with Gasteiger partial charge in [0.05, 0.1) is 16.5 Å². The maximum Gasteiger partial charge on any atom is 0.272 e. The van der Waals surface area contributed by atoms with E-state index in [9.17, 15) is 13.2 Å². The first kappa shape index (κ1) is 18.5. The van der Waals surface area contributed by atoms with Gasteiger partial charge in [0.1, 0.15) is 5.69 Å². The molecule has 2 rings (SSSR count). The van der Waals surface area contributed by atoms with Crippen LogP contribution in [0, 0.1) is 0 Å². The number of nitrogens with one attached hydrogen (secondary N) is 3. The maximum absolute atomic E-state index is 12.2. The zero-order valence-electron chi connectivity index (χ0n) is 13.2. The molecule has 0 saturated carbocycles. The van der Waals surface area contributed by atoms with Crippen LogP contribution in [-0.4, -0.2) is 39.1 Å². The van der Waals surface area contributed by atoms with E-state index in [1.54, 1.807) is 6.92 Å². The number of rotatable bonds is 7. The number of halogens is 1. The fraction of sp³-hybridized carbons (Fsp3) is 0.267. The molecular formula is C15H18ClN3O4S. The highest BCUT2D eigenvalue weighted by Gasteiger charge is 2.17. The molecule has 1 unspecified atom stereocenters. The van der Waals surface area contributed by atoms with Gasteiger partial charge in [-0.25, -0.2) is 13.1 Å². The number of methoxy groups -OCH3 is 1. The third-order valence-corrected chi connectivity index (χ3v) is 4.91. The maximum atomic E-state index is 12.2. The molecule has 7 nitrogen and oxygen atoms in total. The minimum absolute atomic E-state index is 0.103. The summed E-state index contributed by atoms with van der Waals surface area (Å²) in [6.45, 7) is 1.98. The second-order valence-electron chi connectivity index (χ2n) is 5.19. The van der Waals surface area contributed by atoms with Gasteiger partial charge in [-0.3, -0.25) is 4.79 Å². The van der Waals surface area contributed by atoms with Crippen LogP contribution in [0.15, 0.2) is 41.4 Å². The van der Waals surface area contributed by atoms with Crippen molar-refractivity contribution in [3.05, 3.63) is 47.2 Å². The number of aromatic nitrogens is 1. The number of hydrogen-bond donors (Lipinski definition) is 3. The standard InChI is InChI=1S/C15H18ClN3O4S/c1-10(9-23-2)19-24(21,22)13-5-3-12(4-6-13)18-15(20)14-7-11(16)8-17-14/h3-8,10,17,19H,9H2,1-2H3,(H,18,20). The van der Waals surface area contributed by atoms with Crippen LogP contribution in [0.4, 0.5) is 5.69 Å². The Balaban J connectivity index is 2.06. The van der Waals surface area contributed by atoms with Crippen LogP contribution in [-0.2, 0) is 14.8 Å². The molecule has 1 aromatic heterocycles. The van der Waals surface area contributed by atoms with Crippen molar-refractivity contribution >= 4 is 33.2 Å². The molecule has 0 aliphatic rings. The van der Waals surface area contributed by atoms with Crippen LogP contribution >= 0.6 is 11.6 Å². The molecule has 0 aliphatic heterocycles. The van der Waals surface area contributed by atoms with Crippen LogP contribution in [0.25, 0.3) is 0 Å². The summed E-state index contributed by atoms with van der Waals surface area (Å²) < 4.78 is 31.8. The number of ether oxygens (including phenoxy) is 1. The van der Waals surface area contributed by atoms with Gasteiger partial charge in [0.25, 0.3) is 5.91 Å². The fourth-order valence-corrected chi connectivity index (χ4v) is 3.42. The van der Waals surface area contributed by atoms with Crippen molar-refractivity contribution in [3.63, 3.8) is 0 Å². The molecule has 9 heteroatoms. The minimum Gasteiger partial charge on any atom is -0.383 e. The fourth-order valence-electron chi connectivity index (χ4n) is 2.03. The largest absolute Gasteiger partial charge is 0.383 e. The number of benzene rings is 1. The van der Waals surface area contributed by atoms with E-state index in [4.69, 9.17) is 16.3 Å². The quantitative estimate of drug-likeness (QED) is 0.694. The first-order valence-corrected chi connectivity index (χ1v) is 8.94. The van der Waals surface area contributed by atoms with E-state index in [1.807, 2.05) is 0 Å². The Bertz CT molecular complexity index is 802. The molecule has 0 saturated heterocycles. The van der Waals surface area contributed by atoms with E-state index in [1.165, 1.54) is 43.6 Å². The molecule has 0 fully saturated rings. The number of aromatic amines is 1. The van der Waals surface area contributed by atoms with Gasteiger partial charge >= 0.3 is 0 Å². The Morgan fingerprint density at radius 3 is 2.54 bits per heavy atom. The van der Waals surface area contributed by atoms with Crippen molar-refractivity contribution in [2.75, 3.05) is 19.0 Å². The van der Waals surface area contributed by atoms with Gasteiger partial charge in [-0.15, -0.1) is 0 Å². The molecule has 3 N–H and O–H groups in total. The van der Waals surface area contributed by atoms with E-state index in [0.717, 1.165) is 0 Å². The SMILES string of the molecule is COCC(C)NS(=O)(=O)c1ccc(NC(=O)c2cc(Cl)c[nH]2)cc1. The lowest BCUT2D eigenvalue weighted by Crippen LogP contribution is -2.35. The third kappa shape index (κ3) is 4.81. The molecule has 1 heterocycles. The molecule has 24 heavy (non-hydrogen) atoms. The van der Waals surface area contributed by atoms with Gasteiger partial charge in [0.15, 0.2) is 0 Å². The topological polar surface area (TPSA) is 100 Å². The van der Waals surface area contributed by atoms with E-state index in [-0.39, 0.29) is 23.5 Å². The van der Waals surface area contributed by atoms with Crippen molar-refractivity contribution in [1.29, 1.82) is 0 Å². The van der Waals surface area contributed by atoms with Crippen LogP contribution < -0.4 is 10.0 Å². The Labute approximate surface area is 145 Å². The number of anilines is 1. The lowest BCUT2D eigenvalue weighted by molar-refractivity contribution is 0.102. The lowest BCUT2D eigenvalue weighted by Gasteiger charge is -2.13. The molecule has 1 atom stereocenters. The first-order valence-electron chi connectivity index (χ1n) is 7.08. The smallest absolute Gasteiger partial charge is 0.272 e. The summed E-state index contributed by atoms with van der Waals surface area (Å²) >= 11 is 5.75. The molecule has 0 spiro atoms. The Morgan fingerprint density at radius 2 is 2.00 bits per heavy atom. The number of amides is 1. The summed E-state index contributed by atoms with van der Waals surface area (Å²) in [4.78, 5) is 14.8. The predicted octanol–water partition coefficient (Wildman–Crippen LogP) is 2.23. The van der Waals surface area contributed by atoms with Crippen molar-refractivity contribution in [1.82, 2.24) is 9.71 Å². The van der Waals surface area contributed by atoms with Crippen LogP contribution in [0.5, 0.6) is 0 Å². The van der Waals surface area contributed by atoms with Crippen molar-refractivity contribution in [2.45, 2.75) is 17.9 Å². The second kappa shape index (κ2) is 7.80. The van der Waals surface area contributed by atoms with E-state index >= 15 is 0 Å². The molecular weight excluding hydrogens is 354 g/mol. The van der Waals surface area contributed by atoms with Gasteiger partial charge in [-0.05, 0) is 37.3 Å². The average molecular weight is 372 g/mol. The number of carbonyl (C=O) groups is 1. The summed E-state index contributed by atoms with van der Waals surface area (Å²) in [6.07, 6.45) is 1.50. The van der Waals surface area contributed by atoms with E-state index in [0.29, 0.717) is 16.4 Å². The number of carbonyl (C=O) groups excluding carboxylic acids is 1. The highest BCUT2D eigenvalue weighted by atomic mass is 35.5. The van der Waals surface area contributed by atoms with Crippen molar-refractivity contribution in [2.24, 2.45) is 0 Å². The third-order valence-electron chi connectivity index (χ3n) is 3.09.